The lowest BCUT2D eigenvalue weighted by molar-refractivity contribution is 0.262. The second kappa shape index (κ2) is 8.69. The fourth-order valence-electron chi connectivity index (χ4n) is 3.24. The van der Waals surface area contributed by atoms with Crippen LogP contribution in [0.1, 0.15) is 12.8 Å². The Balaban J connectivity index is 1.64. The standard InChI is InChI=1S/C23H20ClFN2O3S/c24-20-12-17(8-11-21(20)25)26-23(28)27-22-13-18(31(29,30)14-15-6-7-15)9-10-19(22)16-4-2-1-3-5-16/h1-5,8-13,15H,6-7,14H2,(H2,26,27,28). The van der Waals surface area contributed by atoms with Gasteiger partial charge in [0.15, 0.2) is 9.84 Å². The van der Waals surface area contributed by atoms with Crippen molar-refractivity contribution in [2.75, 3.05) is 16.4 Å². The van der Waals surface area contributed by atoms with E-state index in [1.807, 2.05) is 30.3 Å². The fourth-order valence-corrected chi connectivity index (χ4v) is 5.14. The highest BCUT2D eigenvalue weighted by molar-refractivity contribution is 7.91. The van der Waals surface area contributed by atoms with E-state index in [4.69, 9.17) is 11.6 Å². The van der Waals surface area contributed by atoms with Crippen LogP contribution in [0.25, 0.3) is 11.1 Å². The van der Waals surface area contributed by atoms with Gasteiger partial charge in [0.2, 0.25) is 0 Å². The maximum absolute atomic E-state index is 13.4. The second-order valence-electron chi connectivity index (χ2n) is 7.51. The average Bonchev–Trinajstić information content (AvgIpc) is 3.54. The number of amides is 2. The third-order valence-corrected chi connectivity index (χ3v) is 7.18. The molecule has 0 spiro atoms. The Hall–Kier alpha value is -2.90. The van der Waals surface area contributed by atoms with Gasteiger partial charge in [0.05, 0.1) is 21.4 Å². The minimum absolute atomic E-state index is 0.109. The Morgan fingerprint density at radius 3 is 2.42 bits per heavy atom. The molecule has 0 atom stereocenters. The lowest BCUT2D eigenvalue weighted by Crippen LogP contribution is -2.20. The molecule has 2 N–H and O–H groups in total. The van der Waals surface area contributed by atoms with Gasteiger partial charge in [-0.25, -0.2) is 17.6 Å². The van der Waals surface area contributed by atoms with Gasteiger partial charge in [0.25, 0.3) is 0 Å². The summed E-state index contributed by atoms with van der Waals surface area (Å²) >= 11 is 5.77. The molecule has 5 nitrogen and oxygen atoms in total. The summed E-state index contributed by atoms with van der Waals surface area (Å²) in [6.07, 6.45) is 1.85. The number of sulfone groups is 1. The Morgan fingerprint density at radius 2 is 1.74 bits per heavy atom. The van der Waals surface area contributed by atoms with Crippen LogP contribution in [0, 0.1) is 11.7 Å². The SMILES string of the molecule is O=C(Nc1ccc(F)c(Cl)c1)Nc1cc(S(=O)(=O)CC2CC2)ccc1-c1ccccc1. The highest BCUT2D eigenvalue weighted by Gasteiger charge is 2.29. The van der Waals surface area contributed by atoms with Crippen molar-refractivity contribution in [2.45, 2.75) is 17.7 Å². The molecular weight excluding hydrogens is 439 g/mol. The molecule has 0 saturated heterocycles. The summed E-state index contributed by atoms with van der Waals surface area (Å²) in [6.45, 7) is 0. The van der Waals surface area contributed by atoms with E-state index < -0.39 is 21.7 Å². The third-order valence-electron chi connectivity index (χ3n) is 5.01. The highest BCUT2D eigenvalue weighted by Crippen LogP contribution is 2.35. The molecule has 0 heterocycles. The number of carbonyl (C=O) groups excluding carboxylic acids is 1. The van der Waals surface area contributed by atoms with Crippen LogP contribution in [-0.4, -0.2) is 20.2 Å². The molecule has 4 rings (SSSR count). The zero-order valence-electron chi connectivity index (χ0n) is 16.4. The van der Waals surface area contributed by atoms with Crippen molar-refractivity contribution < 1.29 is 17.6 Å². The van der Waals surface area contributed by atoms with Crippen LogP contribution in [0.3, 0.4) is 0 Å². The van der Waals surface area contributed by atoms with Crippen LogP contribution in [0.5, 0.6) is 0 Å². The van der Waals surface area contributed by atoms with Crippen LogP contribution in [0.4, 0.5) is 20.6 Å². The minimum Gasteiger partial charge on any atom is -0.308 e. The molecule has 1 aliphatic carbocycles. The number of hydrogen-bond donors (Lipinski definition) is 2. The van der Waals surface area contributed by atoms with Crippen molar-refractivity contribution in [1.82, 2.24) is 0 Å². The Kier molecular flexibility index (Phi) is 5.98. The maximum atomic E-state index is 13.4. The van der Waals surface area contributed by atoms with E-state index in [0.29, 0.717) is 16.9 Å². The monoisotopic (exact) mass is 458 g/mol. The van der Waals surface area contributed by atoms with Crippen LogP contribution in [0.2, 0.25) is 5.02 Å². The summed E-state index contributed by atoms with van der Waals surface area (Å²) in [5.74, 6) is -0.272. The first-order valence-electron chi connectivity index (χ1n) is 9.77. The summed E-state index contributed by atoms with van der Waals surface area (Å²) in [4.78, 5) is 12.8. The summed E-state index contributed by atoms with van der Waals surface area (Å²) < 4.78 is 38.9. The van der Waals surface area contributed by atoms with Crippen LogP contribution >= 0.6 is 11.6 Å². The summed E-state index contributed by atoms with van der Waals surface area (Å²) in [5, 5.41) is 5.19. The lowest BCUT2D eigenvalue weighted by atomic mass is 10.0. The summed E-state index contributed by atoms with van der Waals surface area (Å²) in [5.41, 5.74) is 2.17. The van der Waals surface area contributed by atoms with E-state index in [1.165, 1.54) is 18.2 Å². The van der Waals surface area contributed by atoms with E-state index in [2.05, 4.69) is 10.6 Å². The van der Waals surface area contributed by atoms with Crippen molar-refractivity contribution in [1.29, 1.82) is 0 Å². The van der Waals surface area contributed by atoms with E-state index in [0.717, 1.165) is 24.5 Å². The van der Waals surface area contributed by atoms with E-state index in [9.17, 15) is 17.6 Å². The molecule has 160 valence electrons. The van der Waals surface area contributed by atoms with E-state index >= 15 is 0 Å². The van der Waals surface area contributed by atoms with Gasteiger partial charge < -0.3 is 10.6 Å². The first-order chi connectivity index (χ1) is 14.8. The number of nitrogens with one attached hydrogen (secondary N) is 2. The topological polar surface area (TPSA) is 75.3 Å². The predicted octanol–water partition coefficient (Wildman–Crippen LogP) is 5.97. The molecule has 0 aromatic heterocycles. The van der Waals surface area contributed by atoms with Crippen LogP contribution < -0.4 is 10.6 Å². The van der Waals surface area contributed by atoms with Gasteiger partial charge in [-0.05, 0) is 54.7 Å². The molecule has 3 aromatic carbocycles. The second-order valence-corrected chi connectivity index (χ2v) is 9.95. The molecule has 3 aromatic rings. The number of anilines is 2. The zero-order valence-corrected chi connectivity index (χ0v) is 18.0. The largest absolute Gasteiger partial charge is 0.323 e. The quantitative estimate of drug-likeness (QED) is 0.477. The molecular formula is C23H20ClFN2O3S. The van der Waals surface area contributed by atoms with Gasteiger partial charge in [-0.1, -0.05) is 48.0 Å². The molecule has 0 radical (unpaired) electrons. The summed E-state index contributed by atoms with van der Waals surface area (Å²) in [6, 6.07) is 17.3. The van der Waals surface area contributed by atoms with Crippen LogP contribution in [-0.2, 0) is 9.84 Å². The van der Waals surface area contributed by atoms with E-state index in [-0.39, 0.29) is 21.6 Å². The molecule has 0 bridgehead atoms. The van der Waals surface area contributed by atoms with Gasteiger partial charge in [0.1, 0.15) is 5.82 Å². The fraction of sp³-hybridized carbons (Fsp3) is 0.174. The zero-order chi connectivity index (χ0) is 22.0. The molecule has 1 fully saturated rings. The number of halogens is 2. The Bertz CT molecular complexity index is 1230. The van der Waals surface area contributed by atoms with Crippen molar-refractivity contribution in [3.8, 4) is 11.1 Å². The molecule has 8 heteroatoms. The maximum Gasteiger partial charge on any atom is 0.323 e. The van der Waals surface area contributed by atoms with Crippen molar-refractivity contribution in [3.05, 3.63) is 77.6 Å². The van der Waals surface area contributed by atoms with Gasteiger partial charge >= 0.3 is 6.03 Å². The average molecular weight is 459 g/mol. The summed E-state index contributed by atoms with van der Waals surface area (Å²) in [7, 11) is -3.45. The number of carbonyl (C=O) groups is 1. The minimum atomic E-state index is -3.45. The molecule has 0 aliphatic heterocycles. The molecule has 31 heavy (non-hydrogen) atoms. The molecule has 1 aliphatic rings. The smallest absolute Gasteiger partial charge is 0.308 e. The van der Waals surface area contributed by atoms with Crippen molar-refractivity contribution >= 4 is 38.8 Å². The number of rotatable bonds is 6. The van der Waals surface area contributed by atoms with Crippen molar-refractivity contribution in [3.63, 3.8) is 0 Å². The van der Waals surface area contributed by atoms with Gasteiger partial charge in [-0.15, -0.1) is 0 Å². The Labute approximate surface area is 185 Å². The van der Waals surface area contributed by atoms with Crippen LogP contribution in [0.15, 0.2) is 71.6 Å². The van der Waals surface area contributed by atoms with Gasteiger partial charge in [-0.3, -0.25) is 0 Å². The normalized spacial score (nSPS) is 13.6. The third kappa shape index (κ3) is 5.24. The van der Waals surface area contributed by atoms with Gasteiger partial charge in [0, 0.05) is 11.3 Å². The molecule has 1 saturated carbocycles. The molecule has 2 amide bonds. The van der Waals surface area contributed by atoms with Gasteiger partial charge in [-0.2, -0.15) is 0 Å². The number of urea groups is 1. The predicted molar refractivity (Wildman–Crippen MR) is 121 cm³/mol. The Morgan fingerprint density at radius 1 is 1.00 bits per heavy atom. The first kappa shape index (κ1) is 21.3. The van der Waals surface area contributed by atoms with E-state index in [1.54, 1.807) is 12.1 Å². The molecule has 0 unspecified atom stereocenters. The number of benzene rings is 3. The van der Waals surface area contributed by atoms with Crippen molar-refractivity contribution in [2.24, 2.45) is 5.92 Å². The first-order valence-corrected chi connectivity index (χ1v) is 11.8. The highest BCUT2D eigenvalue weighted by atomic mass is 35.5. The number of hydrogen-bond acceptors (Lipinski definition) is 3. The lowest BCUT2D eigenvalue weighted by Gasteiger charge is -2.15.